The van der Waals surface area contributed by atoms with E-state index in [2.05, 4.69) is 22.3 Å². The summed E-state index contributed by atoms with van der Waals surface area (Å²) >= 11 is 0. The number of fused-ring (bicyclic) bond motifs is 1. The van der Waals surface area contributed by atoms with Crippen LogP contribution < -0.4 is 20.3 Å². The summed E-state index contributed by atoms with van der Waals surface area (Å²) in [6, 6.07) is 15.8. The number of carbonyl (C=O) groups is 1. The van der Waals surface area contributed by atoms with Crippen molar-refractivity contribution >= 4 is 5.91 Å². The smallest absolute Gasteiger partial charge is 0.257 e. The van der Waals surface area contributed by atoms with E-state index in [1.807, 2.05) is 30.3 Å². The Labute approximate surface area is 199 Å². The summed E-state index contributed by atoms with van der Waals surface area (Å²) in [6.07, 6.45) is 0.622. The molecule has 3 aromatic rings. The number of nitrogens with zero attached hydrogens (tertiary/aromatic N) is 3. The molecular formula is C26H30N4O4. The molecule has 2 aromatic carbocycles. The van der Waals surface area contributed by atoms with Crippen LogP contribution >= 0.6 is 0 Å². The fourth-order valence-corrected chi connectivity index (χ4v) is 4.35. The Kier molecular flexibility index (Phi) is 7.27. The van der Waals surface area contributed by atoms with Crippen molar-refractivity contribution in [3.8, 4) is 11.5 Å². The van der Waals surface area contributed by atoms with Crippen LogP contribution in [0.1, 0.15) is 28.2 Å². The molecule has 0 atom stereocenters. The Balaban J connectivity index is 1.44. The van der Waals surface area contributed by atoms with Gasteiger partial charge in [0.2, 0.25) is 5.91 Å². The molecule has 4 rings (SSSR count). The number of hydrogen-bond donors (Lipinski definition) is 1. The fraction of sp³-hybridized carbons (Fsp3) is 0.346. The number of aryl methyl sites for hydroxylation is 1. The van der Waals surface area contributed by atoms with Crippen LogP contribution in [-0.4, -0.2) is 41.1 Å². The first-order chi connectivity index (χ1) is 16.5. The third-order valence-corrected chi connectivity index (χ3v) is 6.10. The first-order valence-corrected chi connectivity index (χ1v) is 11.3. The maximum Gasteiger partial charge on any atom is 0.257 e. The Morgan fingerprint density at radius 1 is 1.09 bits per heavy atom. The minimum Gasteiger partial charge on any atom is -0.493 e. The standard InChI is InChI=1S/C26H30N4O4/c1-18-28-22-16-29(15-19-8-5-4-6-9-19)13-12-21(22)26(32)30(18)17-24(31)27-14-20-10-7-11-23(33-2)25(20)34-3/h4-11H,12-17H2,1-3H3,(H,27,31). The Morgan fingerprint density at radius 2 is 1.88 bits per heavy atom. The number of hydrogen-bond acceptors (Lipinski definition) is 6. The van der Waals surface area contributed by atoms with Crippen molar-refractivity contribution in [1.82, 2.24) is 19.8 Å². The maximum atomic E-state index is 13.2. The molecule has 34 heavy (non-hydrogen) atoms. The Morgan fingerprint density at radius 3 is 2.62 bits per heavy atom. The quantitative estimate of drug-likeness (QED) is 0.554. The van der Waals surface area contributed by atoms with Gasteiger partial charge in [0.1, 0.15) is 12.4 Å². The van der Waals surface area contributed by atoms with Gasteiger partial charge in [0, 0.05) is 37.3 Å². The molecule has 0 saturated carbocycles. The molecule has 1 N–H and O–H groups in total. The second-order valence-corrected chi connectivity index (χ2v) is 8.35. The van der Waals surface area contributed by atoms with Gasteiger partial charge in [-0.3, -0.25) is 19.1 Å². The molecule has 0 saturated heterocycles. The molecule has 1 aliphatic rings. The zero-order chi connectivity index (χ0) is 24.1. The van der Waals surface area contributed by atoms with Crippen LogP contribution in [0.5, 0.6) is 11.5 Å². The zero-order valence-corrected chi connectivity index (χ0v) is 19.8. The van der Waals surface area contributed by atoms with Crippen LogP contribution in [-0.2, 0) is 37.4 Å². The van der Waals surface area contributed by atoms with E-state index < -0.39 is 0 Å². The molecule has 2 heterocycles. The lowest BCUT2D eigenvalue weighted by Crippen LogP contribution is -2.40. The number of ether oxygens (including phenoxy) is 2. The van der Waals surface area contributed by atoms with Gasteiger partial charge in [0.15, 0.2) is 11.5 Å². The van der Waals surface area contributed by atoms with Crippen molar-refractivity contribution in [2.45, 2.75) is 39.5 Å². The van der Waals surface area contributed by atoms with Crippen molar-refractivity contribution in [3.05, 3.63) is 87.1 Å². The van der Waals surface area contributed by atoms with Gasteiger partial charge >= 0.3 is 0 Å². The molecule has 1 aliphatic heterocycles. The van der Waals surface area contributed by atoms with Gasteiger partial charge in [0.25, 0.3) is 5.56 Å². The first-order valence-electron chi connectivity index (χ1n) is 11.3. The predicted octanol–water partition coefficient (Wildman–Crippen LogP) is 2.44. The number of benzene rings is 2. The summed E-state index contributed by atoms with van der Waals surface area (Å²) in [4.78, 5) is 32.9. The summed E-state index contributed by atoms with van der Waals surface area (Å²) in [6.45, 7) is 4.19. The van der Waals surface area contributed by atoms with Gasteiger partial charge in [-0.25, -0.2) is 4.98 Å². The summed E-state index contributed by atoms with van der Waals surface area (Å²) in [7, 11) is 3.13. The van der Waals surface area contributed by atoms with Crippen molar-refractivity contribution in [1.29, 1.82) is 0 Å². The van der Waals surface area contributed by atoms with E-state index in [-0.39, 0.29) is 24.6 Å². The third-order valence-electron chi connectivity index (χ3n) is 6.10. The van der Waals surface area contributed by atoms with Crippen LogP contribution in [0.4, 0.5) is 0 Å². The number of rotatable bonds is 8. The second kappa shape index (κ2) is 10.5. The van der Waals surface area contributed by atoms with Crippen LogP contribution in [0, 0.1) is 6.92 Å². The van der Waals surface area contributed by atoms with E-state index in [1.54, 1.807) is 27.2 Å². The molecule has 8 nitrogen and oxygen atoms in total. The predicted molar refractivity (Wildman–Crippen MR) is 129 cm³/mol. The lowest BCUT2D eigenvalue weighted by Gasteiger charge is -2.28. The monoisotopic (exact) mass is 462 g/mol. The van der Waals surface area contributed by atoms with Crippen LogP contribution in [0.2, 0.25) is 0 Å². The average Bonchev–Trinajstić information content (AvgIpc) is 2.85. The zero-order valence-electron chi connectivity index (χ0n) is 19.8. The van der Waals surface area contributed by atoms with E-state index in [1.165, 1.54) is 10.1 Å². The third kappa shape index (κ3) is 5.12. The summed E-state index contributed by atoms with van der Waals surface area (Å²) in [5.74, 6) is 1.45. The number of carbonyl (C=O) groups excluding carboxylic acids is 1. The molecule has 178 valence electrons. The number of methoxy groups -OCH3 is 2. The Bertz CT molecular complexity index is 1220. The molecular weight excluding hydrogens is 432 g/mol. The van der Waals surface area contributed by atoms with Gasteiger partial charge in [0.05, 0.1) is 19.9 Å². The van der Waals surface area contributed by atoms with E-state index in [0.717, 1.165) is 24.3 Å². The van der Waals surface area contributed by atoms with E-state index in [4.69, 9.17) is 14.5 Å². The number of para-hydroxylation sites is 1. The first kappa shape index (κ1) is 23.5. The highest BCUT2D eigenvalue weighted by molar-refractivity contribution is 5.76. The number of amides is 1. The van der Waals surface area contributed by atoms with Gasteiger partial charge in [-0.1, -0.05) is 42.5 Å². The van der Waals surface area contributed by atoms with Gasteiger partial charge in [-0.15, -0.1) is 0 Å². The minimum atomic E-state index is -0.265. The normalized spacial score (nSPS) is 13.3. The highest BCUT2D eigenvalue weighted by Gasteiger charge is 2.23. The molecule has 0 radical (unpaired) electrons. The van der Waals surface area contributed by atoms with Crippen molar-refractivity contribution in [2.24, 2.45) is 0 Å². The highest BCUT2D eigenvalue weighted by Crippen LogP contribution is 2.30. The van der Waals surface area contributed by atoms with Crippen LogP contribution in [0.3, 0.4) is 0 Å². The topological polar surface area (TPSA) is 85.7 Å². The lowest BCUT2D eigenvalue weighted by molar-refractivity contribution is -0.121. The molecule has 0 unspecified atom stereocenters. The van der Waals surface area contributed by atoms with Gasteiger partial charge in [-0.05, 0) is 25.0 Å². The Hall–Kier alpha value is -3.65. The molecule has 0 bridgehead atoms. The minimum absolute atomic E-state index is 0.0784. The van der Waals surface area contributed by atoms with Crippen molar-refractivity contribution in [2.75, 3.05) is 20.8 Å². The molecule has 1 amide bonds. The molecule has 1 aromatic heterocycles. The summed E-state index contributed by atoms with van der Waals surface area (Å²) in [5, 5.41) is 2.87. The molecule has 8 heteroatoms. The molecule has 0 fully saturated rings. The SMILES string of the molecule is COc1cccc(CNC(=O)Cn2c(C)nc3c(c2=O)CCN(Cc2ccccc2)C3)c1OC. The number of nitrogens with one attached hydrogen (secondary N) is 1. The van der Waals surface area contributed by atoms with Crippen molar-refractivity contribution < 1.29 is 14.3 Å². The molecule has 0 aliphatic carbocycles. The highest BCUT2D eigenvalue weighted by atomic mass is 16.5. The fourth-order valence-electron chi connectivity index (χ4n) is 4.35. The van der Waals surface area contributed by atoms with Gasteiger partial charge < -0.3 is 14.8 Å². The summed E-state index contributed by atoms with van der Waals surface area (Å²) < 4.78 is 12.2. The average molecular weight is 463 g/mol. The lowest BCUT2D eigenvalue weighted by atomic mass is 10.1. The second-order valence-electron chi connectivity index (χ2n) is 8.35. The van der Waals surface area contributed by atoms with E-state index in [9.17, 15) is 9.59 Å². The van der Waals surface area contributed by atoms with E-state index >= 15 is 0 Å². The maximum absolute atomic E-state index is 13.2. The summed E-state index contributed by atoms with van der Waals surface area (Å²) in [5.41, 5.74) is 3.41. The van der Waals surface area contributed by atoms with Crippen LogP contribution in [0.25, 0.3) is 0 Å². The van der Waals surface area contributed by atoms with Crippen molar-refractivity contribution in [3.63, 3.8) is 0 Å². The van der Waals surface area contributed by atoms with E-state index in [0.29, 0.717) is 35.9 Å². The molecule has 0 spiro atoms. The largest absolute Gasteiger partial charge is 0.493 e. The van der Waals surface area contributed by atoms with Crippen LogP contribution in [0.15, 0.2) is 53.3 Å². The van der Waals surface area contributed by atoms with Gasteiger partial charge in [-0.2, -0.15) is 0 Å². The number of aromatic nitrogens is 2.